The molecule has 0 aliphatic heterocycles. The van der Waals surface area contributed by atoms with E-state index < -0.39 is 17.9 Å². The lowest BCUT2D eigenvalue weighted by Gasteiger charge is -2.11. The molecule has 0 radical (unpaired) electrons. The van der Waals surface area contributed by atoms with Crippen LogP contribution in [-0.4, -0.2) is 31.4 Å². The zero-order chi connectivity index (χ0) is 16.7. The Morgan fingerprint density at radius 2 is 1.50 bits per heavy atom. The zero-order valence-corrected chi connectivity index (χ0v) is 13.8. The second-order valence-electron chi connectivity index (χ2n) is 4.98. The van der Waals surface area contributed by atoms with Crippen molar-refractivity contribution in [3.63, 3.8) is 0 Å². The molecule has 0 saturated heterocycles. The van der Waals surface area contributed by atoms with Crippen LogP contribution in [0, 0.1) is 26.7 Å². The molecule has 0 bridgehead atoms. The van der Waals surface area contributed by atoms with Crippen LogP contribution in [0.3, 0.4) is 0 Å². The average Bonchev–Trinajstić information content (AvgIpc) is 2.45. The van der Waals surface area contributed by atoms with Crippen LogP contribution < -0.4 is 0 Å². The van der Waals surface area contributed by atoms with Gasteiger partial charge in [0.1, 0.15) is 0 Å². The maximum absolute atomic E-state index is 11.9. The minimum atomic E-state index is -1.14. The van der Waals surface area contributed by atoms with Crippen molar-refractivity contribution in [2.75, 3.05) is 13.2 Å². The monoisotopic (exact) mass is 305 g/mol. The Morgan fingerprint density at radius 3 is 2.00 bits per heavy atom. The number of nitrogens with zero attached hydrogens (tertiary/aromatic N) is 1. The summed E-state index contributed by atoms with van der Waals surface area (Å²) >= 11 is 0. The highest BCUT2D eigenvalue weighted by molar-refractivity contribution is 6.09. The fourth-order valence-electron chi connectivity index (χ4n) is 1.92. The fraction of sp³-hybridized carbons (Fsp3) is 0.471. The summed E-state index contributed by atoms with van der Waals surface area (Å²) in [4.78, 5) is 28.0. The molecule has 5 nitrogen and oxygen atoms in total. The number of hydrogen-bond acceptors (Lipinski definition) is 5. The third-order valence-corrected chi connectivity index (χ3v) is 3.26. The molecule has 0 amide bonds. The van der Waals surface area contributed by atoms with E-state index in [1.165, 1.54) is 11.8 Å². The Morgan fingerprint density at radius 1 is 1.00 bits per heavy atom. The summed E-state index contributed by atoms with van der Waals surface area (Å²) in [5, 5.41) is 0. The third kappa shape index (κ3) is 4.69. The van der Waals surface area contributed by atoms with E-state index in [9.17, 15) is 9.59 Å². The molecule has 0 atom stereocenters. The predicted octanol–water partition coefficient (Wildman–Crippen LogP) is 3.06. The van der Waals surface area contributed by atoms with Gasteiger partial charge in [-0.3, -0.25) is 14.6 Å². The molecule has 1 aromatic rings. The standard InChI is InChI=1S/C17H23NO4/c1-6-21-16(19)14(17(20)22-7-2)10-18-15-9-12(4)11(3)8-13(15)5/h8-10,14H,6-7H2,1-5H3. The molecule has 0 aliphatic rings. The molecule has 0 aliphatic carbocycles. The van der Waals surface area contributed by atoms with Crippen LogP contribution in [0.15, 0.2) is 17.1 Å². The molecular formula is C17H23NO4. The number of benzene rings is 1. The van der Waals surface area contributed by atoms with Gasteiger partial charge in [-0.15, -0.1) is 0 Å². The first-order chi connectivity index (χ1) is 10.4. The minimum absolute atomic E-state index is 0.200. The van der Waals surface area contributed by atoms with E-state index in [2.05, 4.69) is 4.99 Å². The van der Waals surface area contributed by atoms with Gasteiger partial charge in [-0.25, -0.2) is 0 Å². The van der Waals surface area contributed by atoms with Gasteiger partial charge in [-0.1, -0.05) is 6.07 Å². The molecule has 0 heterocycles. The summed E-state index contributed by atoms with van der Waals surface area (Å²) in [6.07, 6.45) is 1.30. The largest absolute Gasteiger partial charge is 0.465 e. The number of hydrogen-bond donors (Lipinski definition) is 0. The Labute approximate surface area is 131 Å². The third-order valence-electron chi connectivity index (χ3n) is 3.26. The molecule has 0 saturated carbocycles. The van der Waals surface area contributed by atoms with Crippen molar-refractivity contribution < 1.29 is 19.1 Å². The van der Waals surface area contributed by atoms with Gasteiger partial charge in [0.25, 0.3) is 0 Å². The average molecular weight is 305 g/mol. The van der Waals surface area contributed by atoms with Crippen LogP contribution in [0.5, 0.6) is 0 Å². The van der Waals surface area contributed by atoms with Crippen LogP contribution in [0.25, 0.3) is 0 Å². The van der Waals surface area contributed by atoms with Crippen LogP contribution in [0.4, 0.5) is 5.69 Å². The first kappa shape index (κ1) is 17.9. The van der Waals surface area contributed by atoms with E-state index in [0.29, 0.717) is 0 Å². The molecule has 0 N–H and O–H groups in total. The molecule has 0 unspecified atom stereocenters. The van der Waals surface area contributed by atoms with Gasteiger partial charge in [0.15, 0.2) is 5.92 Å². The van der Waals surface area contributed by atoms with E-state index in [1.807, 2.05) is 32.9 Å². The second-order valence-corrected chi connectivity index (χ2v) is 4.98. The van der Waals surface area contributed by atoms with Gasteiger partial charge >= 0.3 is 11.9 Å². The molecule has 1 aromatic carbocycles. The van der Waals surface area contributed by atoms with Gasteiger partial charge in [0.2, 0.25) is 0 Å². The van der Waals surface area contributed by atoms with Crippen molar-refractivity contribution in [1.82, 2.24) is 0 Å². The van der Waals surface area contributed by atoms with E-state index >= 15 is 0 Å². The SMILES string of the molecule is CCOC(=O)C(C=Nc1cc(C)c(C)cc1C)C(=O)OCC. The van der Waals surface area contributed by atoms with E-state index in [4.69, 9.17) is 9.47 Å². The van der Waals surface area contributed by atoms with Crippen molar-refractivity contribution in [3.05, 3.63) is 28.8 Å². The van der Waals surface area contributed by atoms with Crippen molar-refractivity contribution in [1.29, 1.82) is 0 Å². The van der Waals surface area contributed by atoms with Gasteiger partial charge in [-0.2, -0.15) is 0 Å². The molecular weight excluding hydrogens is 282 g/mol. The predicted molar refractivity (Wildman–Crippen MR) is 85.6 cm³/mol. The van der Waals surface area contributed by atoms with E-state index in [1.54, 1.807) is 13.8 Å². The Kier molecular flexibility index (Phi) is 6.76. The van der Waals surface area contributed by atoms with Crippen molar-refractivity contribution in [2.24, 2.45) is 10.9 Å². The normalized spacial score (nSPS) is 11.0. The summed E-state index contributed by atoms with van der Waals surface area (Å²) < 4.78 is 9.80. The number of esters is 2. The number of ether oxygens (including phenoxy) is 2. The number of rotatable bonds is 6. The van der Waals surface area contributed by atoms with Gasteiger partial charge in [0, 0.05) is 6.21 Å². The molecule has 22 heavy (non-hydrogen) atoms. The quantitative estimate of drug-likeness (QED) is 0.460. The van der Waals surface area contributed by atoms with Crippen molar-refractivity contribution >= 4 is 23.8 Å². The van der Waals surface area contributed by atoms with Crippen LogP contribution >= 0.6 is 0 Å². The van der Waals surface area contributed by atoms with Gasteiger partial charge in [0.05, 0.1) is 18.9 Å². The summed E-state index contributed by atoms with van der Waals surface area (Å²) in [6.45, 7) is 9.71. The highest BCUT2D eigenvalue weighted by Gasteiger charge is 2.27. The minimum Gasteiger partial charge on any atom is -0.465 e. The number of carbonyl (C=O) groups is 2. The number of aryl methyl sites for hydroxylation is 3. The Bertz CT molecular complexity index is 560. The maximum atomic E-state index is 11.9. The Balaban J connectivity index is 3.05. The Hall–Kier alpha value is -2.17. The summed E-state index contributed by atoms with van der Waals surface area (Å²) in [7, 11) is 0. The molecule has 120 valence electrons. The molecule has 1 rings (SSSR count). The maximum Gasteiger partial charge on any atom is 0.325 e. The molecule has 5 heteroatoms. The van der Waals surface area contributed by atoms with E-state index in [-0.39, 0.29) is 13.2 Å². The zero-order valence-electron chi connectivity index (χ0n) is 13.8. The fourth-order valence-corrected chi connectivity index (χ4v) is 1.92. The van der Waals surface area contributed by atoms with Gasteiger partial charge < -0.3 is 9.47 Å². The smallest absolute Gasteiger partial charge is 0.325 e. The van der Waals surface area contributed by atoms with Crippen molar-refractivity contribution in [3.8, 4) is 0 Å². The van der Waals surface area contributed by atoms with Crippen LogP contribution in [-0.2, 0) is 19.1 Å². The lowest BCUT2D eigenvalue weighted by atomic mass is 10.1. The second kappa shape index (κ2) is 8.32. The molecule has 0 fully saturated rings. The van der Waals surface area contributed by atoms with Gasteiger partial charge in [-0.05, 0) is 57.4 Å². The molecule has 0 aromatic heterocycles. The number of aliphatic imine (C=N–C) groups is 1. The highest BCUT2D eigenvalue weighted by atomic mass is 16.6. The topological polar surface area (TPSA) is 65.0 Å². The first-order valence-electron chi connectivity index (χ1n) is 7.36. The van der Waals surface area contributed by atoms with Crippen molar-refractivity contribution in [2.45, 2.75) is 34.6 Å². The summed E-state index contributed by atoms with van der Waals surface area (Å²) in [5.41, 5.74) is 3.97. The lowest BCUT2D eigenvalue weighted by Crippen LogP contribution is -2.29. The summed E-state index contributed by atoms with van der Waals surface area (Å²) in [6, 6.07) is 3.94. The number of carbonyl (C=O) groups excluding carboxylic acids is 2. The van der Waals surface area contributed by atoms with Crippen LogP contribution in [0.2, 0.25) is 0 Å². The van der Waals surface area contributed by atoms with Crippen LogP contribution in [0.1, 0.15) is 30.5 Å². The first-order valence-corrected chi connectivity index (χ1v) is 7.36. The summed E-state index contributed by atoms with van der Waals surface area (Å²) in [5.74, 6) is -2.43. The highest BCUT2D eigenvalue weighted by Crippen LogP contribution is 2.23. The molecule has 0 spiro atoms. The van der Waals surface area contributed by atoms with E-state index in [0.717, 1.165) is 16.8 Å². The lowest BCUT2D eigenvalue weighted by molar-refractivity contribution is -0.157.